The number of alkyl halides is 1. The van der Waals surface area contributed by atoms with Crippen LogP contribution in [0.1, 0.15) is 0 Å². The Balaban J connectivity index is 2.45. The fraction of sp³-hybridized carbons (Fsp3) is 0.500. The number of hydrogen-bond donors (Lipinski definition) is 0. The zero-order valence-corrected chi connectivity index (χ0v) is 4.72. The fourth-order valence-corrected chi connectivity index (χ4v) is 0.481. The smallest absolute Gasteiger partial charge is 0.141 e. The summed E-state index contributed by atoms with van der Waals surface area (Å²) in [6.45, 7) is 0. The van der Waals surface area contributed by atoms with Crippen LogP contribution in [-0.4, -0.2) is 17.6 Å². The molecule has 0 fully saturated rings. The van der Waals surface area contributed by atoms with E-state index in [-0.39, 0.29) is 5.50 Å². The van der Waals surface area contributed by atoms with Crippen molar-refractivity contribution < 1.29 is 4.84 Å². The maximum atomic E-state index is 5.58. The number of hydroxylamine groups is 2. The van der Waals surface area contributed by atoms with Crippen LogP contribution >= 0.6 is 11.6 Å². The normalized spacial score (nSPS) is 30.9. The molecule has 1 aliphatic rings. The van der Waals surface area contributed by atoms with E-state index in [2.05, 4.69) is 0 Å². The van der Waals surface area contributed by atoms with Gasteiger partial charge < -0.3 is 4.84 Å². The number of nitrogens with zero attached hydrogens (tertiary/aromatic N) is 1. The fourth-order valence-electron chi connectivity index (χ4n) is 0.375. The lowest BCUT2D eigenvalue weighted by atomic mass is 10.6. The summed E-state index contributed by atoms with van der Waals surface area (Å²) in [4.78, 5) is 4.79. The maximum absolute atomic E-state index is 5.58. The van der Waals surface area contributed by atoms with Gasteiger partial charge in [0.15, 0.2) is 0 Å². The summed E-state index contributed by atoms with van der Waals surface area (Å²) in [6.07, 6.45) is 3.33. The van der Waals surface area contributed by atoms with Gasteiger partial charge in [-0.3, -0.25) is 0 Å². The summed E-state index contributed by atoms with van der Waals surface area (Å²) < 4.78 is 0. The van der Waals surface area contributed by atoms with Crippen molar-refractivity contribution in [1.29, 1.82) is 0 Å². The molecule has 0 bridgehead atoms. The molecule has 0 aromatic carbocycles. The second-order valence-electron chi connectivity index (χ2n) is 1.35. The molecule has 0 aromatic heterocycles. The minimum atomic E-state index is -0.0833. The minimum Gasteiger partial charge on any atom is -0.413 e. The quantitative estimate of drug-likeness (QED) is 0.348. The van der Waals surface area contributed by atoms with E-state index >= 15 is 0 Å². The van der Waals surface area contributed by atoms with Crippen LogP contribution in [0.2, 0.25) is 0 Å². The monoisotopic (exact) mass is 119 g/mol. The molecule has 1 rings (SSSR count). The Morgan fingerprint density at radius 1 is 1.86 bits per heavy atom. The second-order valence-corrected chi connectivity index (χ2v) is 1.80. The van der Waals surface area contributed by atoms with Crippen molar-refractivity contribution in [3.63, 3.8) is 0 Å². The van der Waals surface area contributed by atoms with Gasteiger partial charge in [0.1, 0.15) is 11.8 Å². The Bertz CT molecular complexity index is 93.7. The highest BCUT2D eigenvalue weighted by molar-refractivity contribution is 6.21. The first kappa shape index (κ1) is 4.94. The molecule has 0 spiro atoms. The van der Waals surface area contributed by atoms with Gasteiger partial charge in [-0.2, -0.15) is 0 Å². The molecule has 40 valence electrons. The number of likely N-dealkylation sites (N-methyl/N-ethyl adjacent to an activating group) is 1. The van der Waals surface area contributed by atoms with E-state index in [4.69, 9.17) is 16.4 Å². The topological polar surface area (TPSA) is 12.5 Å². The molecule has 1 unspecified atom stereocenters. The molecule has 0 saturated carbocycles. The van der Waals surface area contributed by atoms with Crippen LogP contribution in [-0.2, 0) is 4.84 Å². The van der Waals surface area contributed by atoms with Crippen molar-refractivity contribution in [2.24, 2.45) is 0 Å². The molecule has 3 heteroatoms. The van der Waals surface area contributed by atoms with E-state index in [1.54, 1.807) is 24.4 Å². The van der Waals surface area contributed by atoms with Crippen LogP contribution in [0.3, 0.4) is 0 Å². The molecule has 0 N–H and O–H groups in total. The van der Waals surface area contributed by atoms with Gasteiger partial charge in [0.25, 0.3) is 0 Å². The molecule has 1 heterocycles. The Labute approximate surface area is 47.3 Å². The molecule has 1 atom stereocenters. The SMILES string of the molecule is CN1OC=CC1Cl. The third kappa shape index (κ3) is 0.868. The Morgan fingerprint density at radius 3 is 2.71 bits per heavy atom. The van der Waals surface area contributed by atoms with E-state index in [0.29, 0.717) is 0 Å². The molecule has 2 nitrogen and oxygen atoms in total. The van der Waals surface area contributed by atoms with E-state index in [1.807, 2.05) is 0 Å². The molecule has 0 saturated heterocycles. The summed E-state index contributed by atoms with van der Waals surface area (Å²) in [7, 11) is 1.78. The third-order valence-corrected chi connectivity index (χ3v) is 1.23. The predicted molar refractivity (Wildman–Crippen MR) is 27.6 cm³/mol. The molecule has 0 aromatic rings. The largest absolute Gasteiger partial charge is 0.413 e. The van der Waals surface area contributed by atoms with Gasteiger partial charge in [-0.1, -0.05) is 11.6 Å². The van der Waals surface area contributed by atoms with Crippen molar-refractivity contribution in [3.8, 4) is 0 Å². The minimum absolute atomic E-state index is 0.0833. The summed E-state index contributed by atoms with van der Waals surface area (Å²) in [5.41, 5.74) is -0.0833. The van der Waals surface area contributed by atoms with Crippen LogP contribution in [0.5, 0.6) is 0 Å². The first-order valence-electron chi connectivity index (χ1n) is 2.01. The summed E-state index contributed by atoms with van der Waals surface area (Å²) in [5, 5.41) is 1.56. The molecule has 1 aliphatic heterocycles. The molecule has 7 heavy (non-hydrogen) atoms. The zero-order chi connectivity index (χ0) is 5.28. The van der Waals surface area contributed by atoms with Crippen molar-refractivity contribution in [2.45, 2.75) is 5.50 Å². The van der Waals surface area contributed by atoms with E-state index in [0.717, 1.165) is 0 Å². The standard InChI is InChI=1S/C4H6ClNO/c1-6-4(5)2-3-7-6/h2-4H,1H3. The van der Waals surface area contributed by atoms with Crippen LogP contribution in [0.25, 0.3) is 0 Å². The average molecular weight is 120 g/mol. The number of hydrogen-bond acceptors (Lipinski definition) is 2. The van der Waals surface area contributed by atoms with Gasteiger partial charge in [-0.15, -0.1) is 5.06 Å². The number of halogens is 1. The summed E-state index contributed by atoms with van der Waals surface area (Å²) in [5.74, 6) is 0. The van der Waals surface area contributed by atoms with Gasteiger partial charge in [-0.25, -0.2) is 0 Å². The first-order chi connectivity index (χ1) is 3.30. The Morgan fingerprint density at radius 2 is 2.57 bits per heavy atom. The van der Waals surface area contributed by atoms with Gasteiger partial charge in [0.2, 0.25) is 0 Å². The second kappa shape index (κ2) is 1.72. The highest BCUT2D eigenvalue weighted by Crippen LogP contribution is 2.10. The van der Waals surface area contributed by atoms with Gasteiger partial charge >= 0.3 is 0 Å². The first-order valence-corrected chi connectivity index (χ1v) is 2.45. The van der Waals surface area contributed by atoms with E-state index in [9.17, 15) is 0 Å². The molecule has 0 aliphatic carbocycles. The molecule has 0 amide bonds. The van der Waals surface area contributed by atoms with E-state index < -0.39 is 0 Å². The Hall–Kier alpha value is -0.210. The van der Waals surface area contributed by atoms with Crippen LogP contribution in [0, 0.1) is 0 Å². The summed E-state index contributed by atoms with van der Waals surface area (Å²) >= 11 is 5.58. The van der Waals surface area contributed by atoms with Crippen molar-refractivity contribution in [2.75, 3.05) is 7.05 Å². The van der Waals surface area contributed by atoms with Crippen molar-refractivity contribution in [1.82, 2.24) is 5.06 Å². The van der Waals surface area contributed by atoms with Gasteiger partial charge in [0.05, 0.1) is 0 Å². The van der Waals surface area contributed by atoms with Gasteiger partial charge in [-0.05, 0) is 6.08 Å². The predicted octanol–water partition coefficient (Wildman–Crippen LogP) is 0.942. The molecular formula is C4H6ClNO. The maximum Gasteiger partial charge on any atom is 0.141 e. The van der Waals surface area contributed by atoms with Crippen molar-refractivity contribution >= 4 is 11.6 Å². The van der Waals surface area contributed by atoms with Crippen LogP contribution in [0.4, 0.5) is 0 Å². The lowest BCUT2D eigenvalue weighted by Crippen LogP contribution is -2.17. The third-order valence-electron chi connectivity index (χ3n) is 0.812. The Kier molecular flexibility index (Phi) is 1.21. The highest BCUT2D eigenvalue weighted by atomic mass is 35.5. The average Bonchev–Trinajstić information content (AvgIpc) is 1.91. The van der Waals surface area contributed by atoms with Crippen LogP contribution in [0.15, 0.2) is 12.3 Å². The molecule has 0 radical (unpaired) electrons. The van der Waals surface area contributed by atoms with E-state index in [1.165, 1.54) is 0 Å². The highest BCUT2D eigenvalue weighted by Gasteiger charge is 2.11. The van der Waals surface area contributed by atoms with Gasteiger partial charge in [0, 0.05) is 7.05 Å². The number of rotatable bonds is 0. The lowest BCUT2D eigenvalue weighted by Gasteiger charge is -2.08. The lowest BCUT2D eigenvalue weighted by molar-refractivity contribution is -0.0598. The molecular weight excluding hydrogens is 114 g/mol. The zero-order valence-electron chi connectivity index (χ0n) is 3.97. The summed E-state index contributed by atoms with van der Waals surface area (Å²) in [6, 6.07) is 0. The van der Waals surface area contributed by atoms with Crippen molar-refractivity contribution in [3.05, 3.63) is 12.3 Å². The van der Waals surface area contributed by atoms with Crippen LogP contribution < -0.4 is 0 Å².